The summed E-state index contributed by atoms with van der Waals surface area (Å²) >= 11 is 0. The lowest BCUT2D eigenvalue weighted by Gasteiger charge is -2.38. The zero-order valence-electron chi connectivity index (χ0n) is 12.0. The minimum Gasteiger partial charge on any atom is -0.486 e. The summed E-state index contributed by atoms with van der Waals surface area (Å²) in [5.74, 6) is 1.66. The van der Waals surface area contributed by atoms with E-state index < -0.39 is 5.60 Å². The largest absolute Gasteiger partial charge is 0.486 e. The average molecular weight is 277 g/mol. The highest BCUT2D eigenvalue weighted by atomic mass is 16.6. The van der Waals surface area contributed by atoms with Crippen LogP contribution in [0.25, 0.3) is 0 Å². The number of rotatable bonds is 5. The third-order valence-corrected chi connectivity index (χ3v) is 4.34. The van der Waals surface area contributed by atoms with Gasteiger partial charge in [-0.15, -0.1) is 0 Å². The Morgan fingerprint density at radius 1 is 1.25 bits per heavy atom. The van der Waals surface area contributed by atoms with Crippen molar-refractivity contribution in [2.24, 2.45) is 0 Å². The number of hydrogen-bond donors (Lipinski definition) is 2. The Kier molecular flexibility index (Phi) is 3.85. The van der Waals surface area contributed by atoms with Crippen molar-refractivity contribution in [3.63, 3.8) is 0 Å². The van der Waals surface area contributed by atoms with Crippen LogP contribution in [0.1, 0.15) is 44.2 Å². The van der Waals surface area contributed by atoms with Crippen LogP contribution in [0.15, 0.2) is 18.2 Å². The van der Waals surface area contributed by atoms with Gasteiger partial charge in [0.15, 0.2) is 11.5 Å². The van der Waals surface area contributed by atoms with E-state index in [4.69, 9.17) is 9.47 Å². The number of aliphatic hydroxyl groups is 1. The molecule has 1 aromatic rings. The Hall–Kier alpha value is -1.26. The van der Waals surface area contributed by atoms with Gasteiger partial charge in [-0.1, -0.05) is 13.0 Å². The topological polar surface area (TPSA) is 50.7 Å². The van der Waals surface area contributed by atoms with Crippen molar-refractivity contribution in [1.82, 2.24) is 5.32 Å². The van der Waals surface area contributed by atoms with E-state index in [9.17, 15) is 5.11 Å². The SMILES string of the molecule is CCC(NCC1(O)CCC1)c1ccc2c(c1)OCCO2. The molecule has 0 aromatic heterocycles. The molecule has 0 amide bonds. The van der Waals surface area contributed by atoms with Crippen LogP contribution < -0.4 is 14.8 Å². The zero-order chi connectivity index (χ0) is 14.0. The second kappa shape index (κ2) is 5.62. The molecule has 20 heavy (non-hydrogen) atoms. The lowest BCUT2D eigenvalue weighted by molar-refractivity contribution is -0.0333. The lowest BCUT2D eigenvalue weighted by Crippen LogP contribution is -2.47. The fourth-order valence-corrected chi connectivity index (χ4v) is 2.85. The van der Waals surface area contributed by atoms with Crippen LogP contribution in [-0.2, 0) is 0 Å². The average Bonchev–Trinajstić information content (AvgIpc) is 2.46. The second-order valence-electron chi connectivity index (χ2n) is 5.82. The van der Waals surface area contributed by atoms with Crippen molar-refractivity contribution in [3.8, 4) is 11.5 Å². The summed E-state index contributed by atoms with van der Waals surface area (Å²) in [5.41, 5.74) is 0.709. The van der Waals surface area contributed by atoms with Gasteiger partial charge in [0, 0.05) is 12.6 Å². The normalized spacial score (nSPS) is 21.1. The van der Waals surface area contributed by atoms with Gasteiger partial charge in [0.1, 0.15) is 13.2 Å². The van der Waals surface area contributed by atoms with E-state index in [1.807, 2.05) is 6.07 Å². The van der Waals surface area contributed by atoms with Gasteiger partial charge >= 0.3 is 0 Å². The molecule has 3 rings (SSSR count). The maximum absolute atomic E-state index is 10.2. The first-order valence-electron chi connectivity index (χ1n) is 7.55. The fourth-order valence-electron chi connectivity index (χ4n) is 2.85. The molecule has 1 fully saturated rings. The summed E-state index contributed by atoms with van der Waals surface area (Å²) in [7, 11) is 0. The monoisotopic (exact) mass is 277 g/mol. The van der Waals surface area contributed by atoms with Crippen LogP contribution >= 0.6 is 0 Å². The molecule has 0 saturated heterocycles. The highest BCUT2D eigenvalue weighted by molar-refractivity contribution is 5.44. The van der Waals surface area contributed by atoms with Gasteiger partial charge in [0.2, 0.25) is 0 Å². The number of benzene rings is 1. The molecular weight excluding hydrogens is 254 g/mol. The number of fused-ring (bicyclic) bond motifs is 1. The van der Waals surface area contributed by atoms with Crippen molar-refractivity contribution in [1.29, 1.82) is 0 Å². The molecule has 1 saturated carbocycles. The van der Waals surface area contributed by atoms with Gasteiger partial charge in [-0.2, -0.15) is 0 Å². The first-order valence-corrected chi connectivity index (χ1v) is 7.55. The standard InChI is InChI=1S/C16H23NO3/c1-2-13(17-11-16(18)6-3-7-16)12-4-5-14-15(10-12)20-9-8-19-14/h4-5,10,13,17-18H,2-3,6-9,11H2,1H3. The zero-order valence-corrected chi connectivity index (χ0v) is 12.0. The van der Waals surface area contributed by atoms with Crippen LogP contribution in [0, 0.1) is 0 Å². The summed E-state index contributed by atoms with van der Waals surface area (Å²) in [6.45, 7) is 4.05. The van der Waals surface area contributed by atoms with Crippen molar-refractivity contribution in [2.45, 2.75) is 44.2 Å². The highest BCUT2D eigenvalue weighted by Gasteiger charge is 2.34. The molecule has 1 heterocycles. The number of ether oxygens (including phenoxy) is 2. The predicted octanol–water partition coefficient (Wildman–Crippen LogP) is 2.41. The van der Waals surface area contributed by atoms with Crippen LogP contribution in [0.4, 0.5) is 0 Å². The summed E-state index contributed by atoms with van der Waals surface area (Å²) in [6, 6.07) is 6.36. The van der Waals surface area contributed by atoms with E-state index in [0.717, 1.165) is 37.2 Å². The quantitative estimate of drug-likeness (QED) is 0.868. The summed E-state index contributed by atoms with van der Waals surface area (Å²) in [4.78, 5) is 0. The van der Waals surface area contributed by atoms with E-state index in [1.54, 1.807) is 0 Å². The van der Waals surface area contributed by atoms with Crippen molar-refractivity contribution in [2.75, 3.05) is 19.8 Å². The lowest BCUT2D eigenvalue weighted by atomic mass is 9.80. The van der Waals surface area contributed by atoms with Gasteiger partial charge in [-0.05, 0) is 43.4 Å². The number of nitrogens with one attached hydrogen (secondary N) is 1. The van der Waals surface area contributed by atoms with Crippen LogP contribution in [-0.4, -0.2) is 30.5 Å². The first-order chi connectivity index (χ1) is 9.70. The van der Waals surface area contributed by atoms with Crippen molar-refractivity contribution < 1.29 is 14.6 Å². The Labute approximate surface area is 120 Å². The summed E-state index contributed by atoms with van der Waals surface area (Å²) in [6.07, 6.45) is 3.95. The predicted molar refractivity (Wildman–Crippen MR) is 77.3 cm³/mol. The Balaban J connectivity index is 1.68. The molecule has 0 bridgehead atoms. The molecule has 4 nitrogen and oxygen atoms in total. The molecular formula is C16H23NO3. The van der Waals surface area contributed by atoms with Gasteiger partial charge in [-0.3, -0.25) is 0 Å². The van der Waals surface area contributed by atoms with Gasteiger partial charge in [0.05, 0.1) is 5.60 Å². The summed E-state index contributed by atoms with van der Waals surface area (Å²) in [5, 5.41) is 13.7. The van der Waals surface area contributed by atoms with E-state index in [1.165, 1.54) is 5.56 Å². The third-order valence-electron chi connectivity index (χ3n) is 4.34. The molecule has 110 valence electrons. The minimum absolute atomic E-state index is 0.246. The Bertz CT molecular complexity index is 471. The van der Waals surface area contributed by atoms with Crippen molar-refractivity contribution in [3.05, 3.63) is 23.8 Å². The highest BCUT2D eigenvalue weighted by Crippen LogP contribution is 2.34. The molecule has 2 N–H and O–H groups in total. The molecule has 0 radical (unpaired) electrons. The summed E-state index contributed by atoms with van der Waals surface area (Å²) < 4.78 is 11.2. The molecule has 4 heteroatoms. The van der Waals surface area contributed by atoms with Gasteiger partial charge in [-0.25, -0.2) is 0 Å². The van der Waals surface area contributed by atoms with Crippen LogP contribution in [0.5, 0.6) is 11.5 Å². The molecule has 1 unspecified atom stereocenters. The molecule has 1 aromatic carbocycles. The minimum atomic E-state index is -0.485. The van der Waals surface area contributed by atoms with E-state index in [2.05, 4.69) is 24.4 Å². The molecule has 1 atom stereocenters. The second-order valence-corrected chi connectivity index (χ2v) is 5.82. The molecule has 1 aliphatic heterocycles. The fraction of sp³-hybridized carbons (Fsp3) is 0.625. The van der Waals surface area contributed by atoms with E-state index in [-0.39, 0.29) is 6.04 Å². The van der Waals surface area contributed by atoms with Crippen LogP contribution in [0.2, 0.25) is 0 Å². The molecule has 2 aliphatic rings. The van der Waals surface area contributed by atoms with E-state index in [0.29, 0.717) is 19.8 Å². The van der Waals surface area contributed by atoms with Gasteiger partial charge in [0.25, 0.3) is 0 Å². The smallest absolute Gasteiger partial charge is 0.161 e. The first kappa shape index (κ1) is 13.7. The van der Waals surface area contributed by atoms with Crippen LogP contribution in [0.3, 0.4) is 0 Å². The van der Waals surface area contributed by atoms with Gasteiger partial charge < -0.3 is 19.9 Å². The Morgan fingerprint density at radius 2 is 2.00 bits per heavy atom. The molecule has 0 spiro atoms. The van der Waals surface area contributed by atoms with E-state index >= 15 is 0 Å². The maximum Gasteiger partial charge on any atom is 0.161 e. The molecule has 1 aliphatic carbocycles. The maximum atomic E-state index is 10.2. The third kappa shape index (κ3) is 2.76. The number of hydrogen-bond acceptors (Lipinski definition) is 4. The Morgan fingerprint density at radius 3 is 2.65 bits per heavy atom. The van der Waals surface area contributed by atoms with Crippen molar-refractivity contribution >= 4 is 0 Å².